The normalized spacial score (nSPS) is 18.0. The van der Waals surface area contributed by atoms with Crippen molar-refractivity contribution in [3.8, 4) is 11.5 Å². The maximum Gasteiger partial charge on any atom is 0.318 e. The minimum absolute atomic E-state index is 0.0585. The average Bonchev–Trinajstić information content (AvgIpc) is 4.08. The van der Waals surface area contributed by atoms with Gasteiger partial charge in [-0.2, -0.15) is 0 Å². The molecule has 10 nitrogen and oxygen atoms in total. The number of amides is 2. The van der Waals surface area contributed by atoms with Crippen molar-refractivity contribution in [2.24, 2.45) is 16.8 Å². The lowest BCUT2D eigenvalue weighted by atomic mass is 9.98. The van der Waals surface area contributed by atoms with E-state index in [0.717, 1.165) is 97.1 Å². The zero-order valence-electron chi connectivity index (χ0n) is 38.0. The first-order valence-electron chi connectivity index (χ1n) is 21.3. The Balaban J connectivity index is 0.000000225. The number of thioether (sulfide) groups is 1. The number of aliphatic imine (C=N–C) groups is 1. The molecule has 0 radical (unpaired) electrons. The Morgan fingerprint density at radius 3 is 1.69 bits per heavy atom. The van der Waals surface area contributed by atoms with Crippen LogP contribution in [0, 0.1) is 11.8 Å². The number of Topliss-reactive ketones (excluding diaryl/α,β-unsaturated/α-hetero) is 2. The van der Waals surface area contributed by atoms with Crippen LogP contribution in [0.5, 0.6) is 11.5 Å². The quantitative estimate of drug-likeness (QED) is 0.0620. The van der Waals surface area contributed by atoms with Gasteiger partial charge in [-0.05, 0) is 113 Å². The third-order valence-electron chi connectivity index (χ3n) is 10.6. The fourth-order valence-corrected chi connectivity index (χ4v) is 12.9. The summed E-state index contributed by atoms with van der Waals surface area (Å²) in [7, 11) is 7.94. The Hall–Kier alpha value is -2.84. The zero-order valence-corrected chi connectivity index (χ0v) is 44.5. The smallest absolute Gasteiger partial charge is 0.318 e. The second kappa shape index (κ2) is 27.2. The summed E-state index contributed by atoms with van der Waals surface area (Å²) in [6, 6.07) is 18.8. The summed E-state index contributed by atoms with van der Waals surface area (Å²) >= 11 is 16.7. The van der Waals surface area contributed by atoms with Crippen LogP contribution in [0.25, 0.3) is 10.8 Å². The molecule has 2 saturated heterocycles. The van der Waals surface area contributed by atoms with Crippen molar-refractivity contribution in [3.05, 3.63) is 71.8 Å². The fraction of sp³-hybridized carbons (Fsp3) is 0.468. The molecule has 2 fully saturated rings. The number of fused-ring (bicyclic) bond motifs is 1. The number of carbonyl (C=O) groups is 5. The van der Waals surface area contributed by atoms with Crippen LogP contribution in [-0.4, -0.2) is 107 Å². The van der Waals surface area contributed by atoms with E-state index in [1.165, 1.54) is 21.6 Å². The van der Waals surface area contributed by atoms with Crippen molar-refractivity contribution < 1.29 is 33.4 Å². The first kappa shape index (κ1) is 54.8. The maximum atomic E-state index is 12.6. The van der Waals surface area contributed by atoms with Gasteiger partial charge in [0.15, 0.2) is 11.6 Å². The van der Waals surface area contributed by atoms with E-state index in [1.54, 1.807) is 76.2 Å². The van der Waals surface area contributed by atoms with E-state index < -0.39 is 0 Å². The summed E-state index contributed by atoms with van der Waals surface area (Å²) < 4.78 is 12.6. The molecule has 0 saturated carbocycles. The Morgan fingerprint density at radius 1 is 0.738 bits per heavy atom. The number of nitrogens with zero attached hydrogens (tertiary/aromatic N) is 3. The number of thiocarbonyl (C=S) groups is 3. The van der Waals surface area contributed by atoms with Crippen molar-refractivity contribution in [2.75, 3.05) is 37.5 Å². The van der Waals surface area contributed by atoms with Gasteiger partial charge in [0.25, 0.3) is 0 Å². The van der Waals surface area contributed by atoms with Gasteiger partial charge in [-0.1, -0.05) is 130 Å². The van der Waals surface area contributed by atoms with E-state index in [9.17, 15) is 24.0 Å². The van der Waals surface area contributed by atoms with Gasteiger partial charge < -0.3 is 19.3 Å². The predicted molar refractivity (Wildman–Crippen MR) is 288 cm³/mol. The van der Waals surface area contributed by atoms with Crippen LogP contribution >= 0.6 is 91.6 Å². The molecule has 3 heterocycles. The maximum absolute atomic E-state index is 12.6. The van der Waals surface area contributed by atoms with Crippen molar-refractivity contribution in [1.82, 2.24) is 9.80 Å². The minimum atomic E-state index is -0.381. The summed E-state index contributed by atoms with van der Waals surface area (Å²) in [6.45, 7) is 14.0. The highest BCUT2D eigenvalue weighted by molar-refractivity contribution is 8.84. The Labute approximate surface area is 419 Å². The Bertz CT molecular complexity index is 2190. The van der Waals surface area contributed by atoms with Crippen LogP contribution in [0.3, 0.4) is 0 Å². The number of likely N-dealkylation sites (tertiary alicyclic amines) is 2. The number of esters is 1. The SMILES string of the molecule is CC(=O)C1CCCN1C(=O)C(C)CSSC(C)=S.CC(=O)[C@@H]1CCCN1C(=O)[C@H](C)CSSC(C)=S.COc1ccc2cc([C@H](C)C(=O)Oc3ccc(C4=NC(=S)CS4)cc3)ccc2c1. The molecule has 0 bridgehead atoms. The molecule has 3 aliphatic heterocycles. The number of benzene rings is 3. The molecule has 0 spiro atoms. The van der Waals surface area contributed by atoms with Gasteiger partial charge in [0.2, 0.25) is 11.8 Å². The van der Waals surface area contributed by atoms with Crippen LogP contribution < -0.4 is 9.47 Å². The topological polar surface area (TPSA) is 123 Å². The van der Waals surface area contributed by atoms with Gasteiger partial charge in [0.1, 0.15) is 21.5 Å². The van der Waals surface area contributed by atoms with Crippen LogP contribution in [0.4, 0.5) is 0 Å². The van der Waals surface area contributed by atoms with E-state index in [-0.39, 0.29) is 59.2 Å². The van der Waals surface area contributed by atoms with Crippen molar-refractivity contribution in [1.29, 1.82) is 0 Å². The Morgan fingerprint density at radius 2 is 1.23 bits per heavy atom. The molecule has 18 heteroatoms. The third kappa shape index (κ3) is 17.0. The van der Waals surface area contributed by atoms with E-state index in [0.29, 0.717) is 10.7 Å². The molecule has 2 unspecified atom stereocenters. The lowest BCUT2D eigenvalue weighted by Gasteiger charge is -2.25. The molecule has 3 aromatic carbocycles. The first-order valence-corrected chi connectivity index (χ1v) is 28.1. The number of methoxy groups -OCH3 is 1. The van der Waals surface area contributed by atoms with Crippen LogP contribution in [-0.2, 0) is 24.0 Å². The molecule has 350 valence electrons. The highest BCUT2D eigenvalue weighted by atomic mass is 33.1. The van der Waals surface area contributed by atoms with E-state index >= 15 is 0 Å². The number of ketones is 2. The monoisotopic (exact) mass is 1030 g/mol. The molecule has 6 rings (SSSR count). The first-order chi connectivity index (χ1) is 30.9. The van der Waals surface area contributed by atoms with E-state index in [2.05, 4.69) is 4.99 Å². The van der Waals surface area contributed by atoms with Crippen LogP contribution in [0.1, 0.15) is 91.2 Å². The van der Waals surface area contributed by atoms with Gasteiger partial charge in [-0.25, -0.2) is 4.99 Å². The highest BCUT2D eigenvalue weighted by Crippen LogP contribution is 2.31. The highest BCUT2D eigenvalue weighted by Gasteiger charge is 2.35. The van der Waals surface area contributed by atoms with Crippen molar-refractivity contribution >= 4 is 150 Å². The summed E-state index contributed by atoms with van der Waals surface area (Å²) in [5, 5.41) is 3.03. The minimum Gasteiger partial charge on any atom is -0.497 e. The molecular formula is C47H57N3O7S8. The number of rotatable bonds is 15. The van der Waals surface area contributed by atoms with Crippen molar-refractivity contribution in [2.45, 2.75) is 92.2 Å². The molecule has 65 heavy (non-hydrogen) atoms. The van der Waals surface area contributed by atoms with Gasteiger partial charge in [0, 0.05) is 42.0 Å². The predicted octanol–water partition coefficient (Wildman–Crippen LogP) is 11.2. The van der Waals surface area contributed by atoms with Gasteiger partial charge in [-0.3, -0.25) is 24.0 Å². The fourth-order valence-electron chi connectivity index (χ4n) is 7.15. The molecule has 0 aliphatic carbocycles. The number of hydrogen-bond donors (Lipinski definition) is 0. The Kier molecular flexibility index (Phi) is 22.9. The second-order valence-corrected chi connectivity index (χ2v) is 24.1. The standard InChI is InChI=1S/C23H19NO3S2.2C12H19NO2S3/c1-14(16-3-4-18-12-20(26-2)10-7-17(18)11-16)23(25)27-19-8-5-15(6-9-19)22-24-21(28)13-29-22;2*1-8(7-17-18-10(3)16)12(15)13-6-4-5-11(13)9(2)14/h3-12,14H,13H2,1-2H3;2*8,11H,4-7H2,1-3H3/t14-;8-,11+;/m01./s1. The molecule has 3 aromatic rings. The molecule has 5 atom stereocenters. The number of carbonyl (C=O) groups excluding carboxylic acids is 5. The second-order valence-electron chi connectivity index (χ2n) is 15.9. The zero-order chi connectivity index (χ0) is 47.8. The van der Waals surface area contributed by atoms with Gasteiger partial charge in [-0.15, -0.1) is 0 Å². The summed E-state index contributed by atoms with van der Waals surface area (Å²) in [4.78, 5) is 68.7. The molecule has 2 amide bonds. The molecular weight excluding hydrogens is 975 g/mol. The molecule has 3 aliphatic rings. The lowest BCUT2D eigenvalue weighted by Crippen LogP contribution is -2.42. The van der Waals surface area contributed by atoms with E-state index in [4.69, 9.17) is 46.1 Å². The van der Waals surface area contributed by atoms with Crippen LogP contribution in [0.2, 0.25) is 0 Å². The lowest BCUT2D eigenvalue weighted by molar-refractivity contribution is -0.139. The summed E-state index contributed by atoms with van der Waals surface area (Å²) in [5.74, 6) is 3.16. The summed E-state index contributed by atoms with van der Waals surface area (Å²) in [6.07, 6.45) is 3.50. The number of ether oxygens (including phenoxy) is 2. The molecule has 0 N–H and O–H groups in total. The summed E-state index contributed by atoms with van der Waals surface area (Å²) in [5.41, 5.74) is 1.89. The number of hydrogen-bond acceptors (Lipinski definition) is 15. The third-order valence-corrected chi connectivity index (χ3v) is 18.2. The van der Waals surface area contributed by atoms with Gasteiger partial charge in [0.05, 0.1) is 39.3 Å². The largest absolute Gasteiger partial charge is 0.497 e. The van der Waals surface area contributed by atoms with Gasteiger partial charge >= 0.3 is 5.97 Å². The van der Waals surface area contributed by atoms with Crippen molar-refractivity contribution in [3.63, 3.8) is 0 Å². The van der Waals surface area contributed by atoms with Crippen LogP contribution in [0.15, 0.2) is 65.7 Å². The molecule has 0 aromatic heterocycles. The van der Waals surface area contributed by atoms with E-state index in [1.807, 2.05) is 83.1 Å². The average molecular weight is 1030 g/mol.